The summed E-state index contributed by atoms with van der Waals surface area (Å²) in [6, 6.07) is 8.85. The number of carbonyl (C=O) groups is 3. The first-order chi connectivity index (χ1) is 13.1. The second-order valence-corrected chi connectivity index (χ2v) is 7.11. The summed E-state index contributed by atoms with van der Waals surface area (Å²) in [5, 5.41) is 2.67. The molecule has 7 heteroatoms. The molecule has 0 saturated carbocycles. The molecular formula is C20H28N4O3. The summed E-state index contributed by atoms with van der Waals surface area (Å²) < 4.78 is 0. The number of benzene rings is 1. The molecule has 3 amide bonds. The Kier molecular flexibility index (Phi) is 6.81. The van der Waals surface area contributed by atoms with Gasteiger partial charge in [0.05, 0.1) is 6.54 Å². The average molecular weight is 372 g/mol. The molecule has 2 fully saturated rings. The van der Waals surface area contributed by atoms with Crippen LogP contribution in [0.5, 0.6) is 0 Å². The van der Waals surface area contributed by atoms with E-state index in [0.717, 1.165) is 19.6 Å². The van der Waals surface area contributed by atoms with Gasteiger partial charge in [0.1, 0.15) is 0 Å². The number of nitrogens with zero attached hydrogens (tertiary/aromatic N) is 3. The Morgan fingerprint density at radius 1 is 0.815 bits per heavy atom. The first-order valence-electron chi connectivity index (χ1n) is 9.74. The molecule has 1 aromatic carbocycles. The molecule has 0 aromatic heterocycles. The fourth-order valence-corrected chi connectivity index (χ4v) is 3.58. The number of hydrogen-bond donors (Lipinski definition) is 1. The van der Waals surface area contributed by atoms with Gasteiger partial charge in [-0.2, -0.15) is 0 Å². The van der Waals surface area contributed by atoms with Crippen molar-refractivity contribution >= 4 is 17.7 Å². The van der Waals surface area contributed by atoms with Crippen LogP contribution in [-0.4, -0.2) is 84.8 Å². The summed E-state index contributed by atoms with van der Waals surface area (Å²) in [5.41, 5.74) is 0.540. The Hall–Kier alpha value is -2.41. The van der Waals surface area contributed by atoms with E-state index in [1.807, 2.05) is 11.0 Å². The van der Waals surface area contributed by atoms with E-state index in [1.54, 1.807) is 29.2 Å². The molecule has 146 valence electrons. The minimum absolute atomic E-state index is 0.0172. The van der Waals surface area contributed by atoms with Crippen LogP contribution in [0.2, 0.25) is 0 Å². The topological polar surface area (TPSA) is 73.0 Å². The lowest BCUT2D eigenvalue weighted by Crippen LogP contribution is -2.52. The molecule has 0 atom stereocenters. The van der Waals surface area contributed by atoms with E-state index in [9.17, 15) is 14.4 Å². The van der Waals surface area contributed by atoms with E-state index in [2.05, 4.69) is 10.2 Å². The van der Waals surface area contributed by atoms with Crippen molar-refractivity contribution in [1.29, 1.82) is 0 Å². The van der Waals surface area contributed by atoms with Crippen LogP contribution in [0.4, 0.5) is 0 Å². The van der Waals surface area contributed by atoms with Crippen molar-refractivity contribution in [2.24, 2.45) is 0 Å². The smallest absolute Gasteiger partial charge is 0.251 e. The molecule has 0 radical (unpaired) electrons. The van der Waals surface area contributed by atoms with Crippen LogP contribution in [0.25, 0.3) is 0 Å². The molecule has 2 saturated heterocycles. The highest BCUT2D eigenvalue weighted by atomic mass is 16.2. The summed E-state index contributed by atoms with van der Waals surface area (Å²) in [4.78, 5) is 42.6. The summed E-state index contributed by atoms with van der Waals surface area (Å²) >= 11 is 0. The van der Waals surface area contributed by atoms with Gasteiger partial charge in [0.2, 0.25) is 11.8 Å². The second-order valence-electron chi connectivity index (χ2n) is 7.11. The van der Waals surface area contributed by atoms with E-state index < -0.39 is 0 Å². The number of nitrogens with one attached hydrogen (secondary N) is 1. The minimum Gasteiger partial charge on any atom is -0.343 e. The minimum atomic E-state index is -0.250. The van der Waals surface area contributed by atoms with Gasteiger partial charge in [-0.1, -0.05) is 18.2 Å². The molecule has 2 aliphatic heterocycles. The van der Waals surface area contributed by atoms with Gasteiger partial charge in [-0.15, -0.1) is 0 Å². The second kappa shape index (κ2) is 9.50. The van der Waals surface area contributed by atoms with E-state index in [4.69, 9.17) is 0 Å². The van der Waals surface area contributed by atoms with Crippen LogP contribution in [0.15, 0.2) is 30.3 Å². The highest BCUT2D eigenvalue weighted by Gasteiger charge is 2.24. The van der Waals surface area contributed by atoms with Crippen molar-refractivity contribution in [2.75, 3.05) is 52.4 Å². The number of piperazine rings is 1. The number of hydrogen-bond acceptors (Lipinski definition) is 4. The monoisotopic (exact) mass is 372 g/mol. The number of carbonyl (C=O) groups excluding carboxylic acids is 3. The van der Waals surface area contributed by atoms with Crippen LogP contribution in [0.1, 0.15) is 29.6 Å². The summed E-state index contributed by atoms with van der Waals surface area (Å²) in [6.07, 6.45) is 3.02. The fraction of sp³-hybridized carbons (Fsp3) is 0.550. The Morgan fingerprint density at radius 3 is 2.04 bits per heavy atom. The summed E-state index contributed by atoms with van der Waals surface area (Å²) in [7, 11) is 0. The molecule has 0 aliphatic carbocycles. The van der Waals surface area contributed by atoms with Gasteiger partial charge in [0, 0.05) is 44.7 Å². The van der Waals surface area contributed by atoms with E-state index >= 15 is 0 Å². The SMILES string of the molecule is O=C(NCC(=O)N1CCN(C(=O)CCN2CCCC2)CC1)c1ccccc1. The number of amides is 3. The van der Waals surface area contributed by atoms with E-state index in [1.165, 1.54) is 12.8 Å². The first kappa shape index (κ1) is 19.4. The largest absolute Gasteiger partial charge is 0.343 e. The summed E-state index contributed by atoms with van der Waals surface area (Å²) in [5.74, 6) is -0.186. The van der Waals surface area contributed by atoms with Crippen LogP contribution in [-0.2, 0) is 9.59 Å². The highest BCUT2D eigenvalue weighted by molar-refractivity contribution is 5.96. The Morgan fingerprint density at radius 2 is 1.41 bits per heavy atom. The molecule has 1 N–H and O–H groups in total. The zero-order valence-corrected chi connectivity index (χ0v) is 15.7. The van der Waals surface area contributed by atoms with Gasteiger partial charge in [0.25, 0.3) is 5.91 Å². The van der Waals surface area contributed by atoms with Crippen molar-refractivity contribution < 1.29 is 14.4 Å². The predicted octanol–water partition coefficient (Wildman–Crippen LogP) is 0.573. The van der Waals surface area contributed by atoms with Gasteiger partial charge in [-0.25, -0.2) is 0 Å². The van der Waals surface area contributed by atoms with E-state index in [-0.39, 0.29) is 24.3 Å². The van der Waals surface area contributed by atoms with Crippen molar-refractivity contribution in [3.05, 3.63) is 35.9 Å². The lowest BCUT2D eigenvalue weighted by molar-refractivity contribution is -0.139. The quantitative estimate of drug-likeness (QED) is 0.793. The van der Waals surface area contributed by atoms with Crippen molar-refractivity contribution in [1.82, 2.24) is 20.0 Å². The molecule has 7 nitrogen and oxygen atoms in total. The lowest BCUT2D eigenvalue weighted by atomic mass is 10.2. The molecule has 27 heavy (non-hydrogen) atoms. The predicted molar refractivity (Wildman–Crippen MR) is 102 cm³/mol. The normalized spacial score (nSPS) is 17.8. The maximum absolute atomic E-state index is 12.3. The third kappa shape index (κ3) is 5.53. The molecule has 3 rings (SSSR count). The zero-order chi connectivity index (χ0) is 19.1. The Labute approximate surface area is 160 Å². The Bertz CT molecular complexity index is 650. The van der Waals surface area contributed by atoms with Gasteiger partial charge < -0.3 is 20.0 Å². The third-order valence-electron chi connectivity index (χ3n) is 5.26. The first-order valence-corrected chi connectivity index (χ1v) is 9.74. The lowest BCUT2D eigenvalue weighted by Gasteiger charge is -2.35. The molecule has 0 unspecified atom stereocenters. The molecule has 2 aliphatic rings. The van der Waals surface area contributed by atoms with Crippen LogP contribution < -0.4 is 5.32 Å². The van der Waals surface area contributed by atoms with Crippen LogP contribution in [0, 0.1) is 0 Å². The van der Waals surface area contributed by atoms with Crippen molar-refractivity contribution in [3.8, 4) is 0 Å². The van der Waals surface area contributed by atoms with Crippen molar-refractivity contribution in [2.45, 2.75) is 19.3 Å². The fourth-order valence-electron chi connectivity index (χ4n) is 3.58. The summed E-state index contributed by atoms with van der Waals surface area (Å²) in [6.45, 7) is 5.20. The van der Waals surface area contributed by atoms with Gasteiger partial charge in [0.15, 0.2) is 0 Å². The maximum atomic E-state index is 12.3. The molecular weight excluding hydrogens is 344 g/mol. The average Bonchev–Trinajstić information content (AvgIpc) is 3.24. The van der Waals surface area contributed by atoms with E-state index in [0.29, 0.717) is 38.2 Å². The maximum Gasteiger partial charge on any atom is 0.251 e. The standard InChI is InChI=1S/C20H28N4O3/c25-18(8-11-22-9-4-5-10-22)23-12-14-24(15-13-23)19(26)16-21-20(27)17-6-2-1-3-7-17/h1-3,6-7H,4-5,8-16H2,(H,21,27). The number of likely N-dealkylation sites (tertiary alicyclic amines) is 1. The van der Waals surface area contributed by atoms with Crippen molar-refractivity contribution in [3.63, 3.8) is 0 Å². The molecule has 0 spiro atoms. The third-order valence-corrected chi connectivity index (χ3v) is 5.26. The molecule has 2 heterocycles. The van der Waals surface area contributed by atoms with Gasteiger partial charge in [-0.3, -0.25) is 14.4 Å². The van der Waals surface area contributed by atoms with Crippen LogP contribution >= 0.6 is 0 Å². The highest BCUT2D eigenvalue weighted by Crippen LogP contribution is 2.09. The molecule has 0 bridgehead atoms. The zero-order valence-electron chi connectivity index (χ0n) is 15.7. The molecule has 1 aromatic rings. The van der Waals surface area contributed by atoms with Crippen LogP contribution in [0.3, 0.4) is 0 Å². The van der Waals surface area contributed by atoms with Gasteiger partial charge >= 0.3 is 0 Å². The van der Waals surface area contributed by atoms with Gasteiger partial charge in [-0.05, 0) is 38.1 Å². The Balaban J connectivity index is 1.36. The number of rotatable bonds is 6.